The van der Waals surface area contributed by atoms with Crippen molar-refractivity contribution in [3.05, 3.63) is 57.7 Å². The molecule has 0 spiro atoms. The summed E-state index contributed by atoms with van der Waals surface area (Å²) >= 11 is 1.68. The molecular weight excluding hydrogens is 266 g/mol. The van der Waals surface area contributed by atoms with Gasteiger partial charge in [-0.05, 0) is 44.7 Å². The Labute approximate surface area is 122 Å². The Bertz CT molecular complexity index is 748. The Morgan fingerprint density at radius 2 is 1.95 bits per heavy atom. The van der Waals surface area contributed by atoms with E-state index in [4.69, 9.17) is 0 Å². The van der Waals surface area contributed by atoms with E-state index in [2.05, 4.69) is 44.9 Å². The topological polar surface area (TPSA) is 37.8 Å². The van der Waals surface area contributed by atoms with Gasteiger partial charge in [0, 0.05) is 16.5 Å². The number of nitrogens with zero attached hydrogens (tertiary/aromatic N) is 2. The molecule has 0 saturated heterocycles. The minimum absolute atomic E-state index is 0.130. The van der Waals surface area contributed by atoms with Crippen LogP contribution in [0.1, 0.15) is 28.0 Å². The van der Waals surface area contributed by atoms with Crippen molar-refractivity contribution < 1.29 is 0 Å². The second kappa shape index (κ2) is 5.31. The average Bonchev–Trinajstić information content (AvgIpc) is 2.86. The predicted molar refractivity (Wildman–Crippen MR) is 84.2 cm³/mol. The van der Waals surface area contributed by atoms with Gasteiger partial charge in [0.2, 0.25) is 0 Å². The van der Waals surface area contributed by atoms with Crippen LogP contribution in [0.5, 0.6) is 0 Å². The van der Waals surface area contributed by atoms with Crippen LogP contribution in [0.3, 0.4) is 0 Å². The molecule has 1 atom stereocenters. The predicted octanol–water partition coefficient (Wildman–Crippen LogP) is 3.62. The molecule has 20 heavy (non-hydrogen) atoms. The second-order valence-corrected chi connectivity index (χ2v) is 5.98. The van der Waals surface area contributed by atoms with Crippen LogP contribution in [-0.4, -0.2) is 17.0 Å². The third-order valence-electron chi connectivity index (χ3n) is 3.41. The van der Waals surface area contributed by atoms with Crippen molar-refractivity contribution in [2.45, 2.75) is 19.9 Å². The highest BCUT2D eigenvalue weighted by Crippen LogP contribution is 2.25. The Balaban J connectivity index is 2.05. The summed E-state index contributed by atoms with van der Waals surface area (Å²) in [6, 6.07) is 10.7. The Kier molecular flexibility index (Phi) is 3.51. The van der Waals surface area contributed by atoms with Crippen LogP contribution in [0.2, 0.25) is 0 Å². The Morgan fingerprint density at radius 3 is 2.65 bits per heavy atom. The van der Waals surface area contributed by atoms with Crippen molar-refractivity contribution in [3.63, 3.8) is 0 Å². The van der Waals surface area contributed by atoms with Gasteiger partial charge in [0.1, 0.15) is 0 Å². The summed E-state index contributed by atoms with van der Waals surface area (Å²) in [6.45, 7) is 4.05. The van der Waals surface area contributed by atoms with Crippen molar-refractivity contribution in [3.8, 4) is 0 Å². The van der Waals surface area contributed by atoms with E-state index in [1.54, 1.807) is 11.3 Å². The van der Waals surface area contributed by atoms with Crippen LogP contribution in [0.4, 0.5) is 0 Å². The van der Waals surface area contributed by atoms with E-state index in [-0.39, 0.29) is 6.04 Å². The number of thiazole rings is 1. The number of aryl methyl sites for hydroxylation is 2. The third kappa shape index (κ3) is 2.44. The molecule has 3 rings (SSSR count). The number of benzene rings is 1. The molecular formula is C16H17N3S. The molecule has 0 aliphatic carbocycles. The zero-order chi connectivity index (χ0) is 14.1. The molecule has 3 nitrogen and oxygen atoms in total. The van der Waals surface area contributed by atoms with Crippen LogP contribution in [0.15, 0.2) is 35.7 Å². The number of aromatic nitrogens is 2. The second-order valence-electron chi connectivity index (χ2n) is 4.92. The van der Waals surface area contributed by atoms with Crippen molar-refractivity contribution in [1.29, 1.82) is 0 Å². The maximum absolute atomic E-state index is 4.59. The fraction of sp³-hybridized carbons (Fsp3) is 0.250. The van der Waals surface area contributed by atoms with Crippen LogP contribution < -0.4 is 5.32 Å². The Morgan fingerprint density at radius 1 is 1.10 bits per heavy atom. The number of pyridine rings is 1. The maximum atomic E-state index is 4.59. The van der Waals surface area contributed by atoms with Crippen molar-refractivity contribution >= 4 is 22.2 Å². The van der Waals surface area contributed by atoms with E-state index in [1.807, 2.05) is 27.0 Å². The van der Waals surface area contributed by atoms with Crippen molar-refractivity contribution in [1.82, 2.24) is 15.3 Å². The molecule has 0 aliphatic heterocycles. The molecule has 102 valence electrons. The van der Waals surface area contributed by atoms with Crippen molar-refractivity contribution in [2.75, 3.05) is 7.05 Å². The molecule has 2 aromatic heterocycles. The third-order valence-corrected chi connectivity index (χ3v) is 4.20. The smallest absolute Gasteiger partial charge is 0.0898 e. The molecule has 2 heterocycles. The molecule has 0 radical (unpaired) electrons. The first-order valence-corrected chi connectivity index (χ1v) is 7.52. The van der Waals surface area contributed by atoms with E-state index in [0.29, 0.717) is 0 Å². The van der Waals surface area contributed by atoms with Gasteiger partial charge in [-0.15, -0.1) is 11.3 Å². The number of hydrogen-bond donors (Lipinski definition) is 1. The average molecular weight is 283 g/mol. The minimum atomic E-state index is 0.130. The number of hydrogen-bond acceptors (Lipinski definition) is 4. The van der Waals surface area contributed by atoms with Gasteiger partial charge in [0.15, 0.2) is 0 Å². The lowest BCUT2D eigenvalue weighted by molar-refractivity contribution is 0.675. The SMILES string of the molecule is CNC(c1ccc2nc(C)ccc2c1)c1csc(C)n1. The molecule has 3 aromatic rings. The summed E-state index contributed by atoms with van der Waals surface area (Å²) in [6.07, 6.45) is 0. The molecule has 0 amide bonds. The first-order chi connectivity index (χ1) is 9.67. The van der Waals surface area contributed by atoms with E-state index in [9.17, 15) is 0 Å². The first-order valence-electron chi connectivity index (χ1n) is 6.64. The highest BCUT2D eigenvalue weighted by Gasteiger charge is 2.15. The van der Waals surface area contributed by atoms with Crippen LogP contribution in [-0.2, 0) is 0 Å². The molecule has 0 aliphatic rings. The summed E-state index contributed by atoms with van der Waals surface area (Å²) in [5, 5.41) is 7.73. The van der Waals surface area contributed by atoms with Crippen LogP contribution in [0, 0.1) is 13.8 Å². The zero-order valence-electron chi connectivity index (χ0n) is 11.8. The first kappa shape index (κ1) is 13.2. The van der Waals surface area contributed by atoms with Crippen LogP contribution in [0.25, 0.3) is 10.9 Å². The molecule has 0 fully saturated rings. The summed E-state index contributed by atoms with van der Waals surface area (Å²) in [5.74, 6) is 0. The van der Waals surface area contributed by atoms with E-state index >= 15 is 0 Å². The van der Waals surface area contributed by atoms with Gasteiger partial charge in [-0.2, -0.15) is 0 Å². The van der Waals surface area contributed by atoms with Gasteiger partial charge in [-0.3, -0.25) is 4.98 Å². The van der Waals surface area contributed by atoms with E-state index in [0.717, 1.165) is 21.9 Å². The molecule has 0 bridgehead atoms. The minimum Gasteiger partial charge on any atom is -0.308 e. The highest BCUT2D eigenvalue weighted by molar-refractivity contribution is 7.09. The Hall–Kier alpha value is -1.78. The fourth-order valence-corrected chi connectivity index (χ4v) is 3.06. The normalized spacial score (nSPS) is 12.8. The van der Waals surface area contributed by atoms with Gasteiger partial charge in [0.05, 0.1) is 22.3 Å². The van der Waals surface area contributed by atoms with Gasteiger partial charge in [-0.25, -0.2) is 4.98 Å². The summed E-state index contributed by atoms with van der Waals surface area (Å²) in [4.78, 5) is 9.14. The molecule has 0 saturated carbocycles. The quantitative estimate of drug-likeness (QED) is 0.798. The number of rotatable bonds is 3. The van der Waals surface area contributed by atoms with Gasteiger partial charge >= 0.3 is 0 Å². The fourth-order valence-electron chi connectivity index (χ4n) is 2.42. The van der Waals surface area contributed by atoms with E-state index < -0.39 is 0 Å². The lowest BCUT2D eigenvalue weighted by Gasteiger charge is -2.15. The van der Waals surface area contributed by atoms with E-state index in [1.165, 1.54) is 10.9 Å². The van der Waals surface area contributed by atoms with Gasteiger partial charge in [-0.1, -0.05) is 12.1 Å². The molecule has 1 aromatic carbocycles. The monoisotopic (exact) mass is 283 g/mol. The number of nitrogens with one attached hydrogen (secondary N) is 1. The van der Waals surface area contributed by atoms with Crippen LogP contribution >= 0.6 is 11.3 Å². The highest BCUT2D eigenvalue weighted by atomic mass is 32.1. The van der Waals surface area contributed by atoms with Gasteiger partial charge < -0.3 is 5.32 Å². The summed E-state index contributed by atoms with van der Waals surface area (Å²) in [5.41, 5.74) is 4.38. The summed E-state index contributed by atoms with van der Waals surface area (Å²) < 4.78 is 0. The summed E-state index contributed by atoms with van der Waals surface area (Å²) in [7, 11) is 1.97. The maximum Gasteiger partial charge on any atom is 0.0898 e. The van der Waals surface area contributed by atoms with Gasteiger partial charge in [0.25, 0.3) is 0 Å². The standard InChI is InChI=1S/C16H17N3S/c1-10-4-5-12-8-13(6-7-14(12)18-10)16(17-3)15-9-20-11(2)19-15/h4-9,16-17H,1-3H3. The number of fused-ring (bicyclic) bond motifs is 1. The largest absolute Gasteiger partial charge is 0.308 e. The molecule has 1 unspecified atom stereocenters. The molecule has 4 heteroatoms. The molecule has 1 N–H and O–H groups in total. The lowest BCUT2D eigenvalue weighted by atomic mass is 10.0. The van der Waals surface area contributed by atoms with Crippen molar-refractivity contribution in [2.24, 2.45) is 0 Å². The lowest BCUT2D eigenvalue weighted by Crippen LogP contribution is -2.18. The zero-order valence-corrected chi connectivity index (χ0v) is 12.7.